The maximum atomic E-state index is 11.9. The van der Waals surface area contributed by atoms with E-state index < -0.39 is 6.10 Å². The third-order valence-electron chi connectivity index (χ3n) is 6.22. The van der Waals surface area contributed by atoms with Crippen molar-refractivity contribution in [2.24, 2.45) is 5.92 Å². The fraction of sp³-hybridized carbons (Fsp3) is 0.296. The smallest absolute Gasteiger partial charge is 0.338 e. The zero-order valence-corrected chi connectivity index (χ0v) is 20.8. The van der Waals surface area contributed by atoms with Crippen LogP contribution in [-0.4, -0.2) is 30.8 Å². The zero-order valence-electron chi connectivity index (χ0n) is 18.5. The van der Waals surface area contributed by atoms with Gasteiger partial charge in [-0.2, -0.15) is 0 Å². The average Bonchev–Trinajstić information content (AvgIpc) is 2.84. The molecular formula is C27H27BrClNO3. The summed E-state index contributed by atoms with van der Waals surface area (Å²) in [5, 5.41) is 12.0. The molecule has 3 aromatic carbocycles. The van der Waals surface area contributed by atoms with Gasteiger partial charge in [-0.3, -0.25) is 0 Å². The van der Waals surface area contributed by atoms with Gasteiger partial charge in [-0.1, -0.05) is 45.7 Å². The Morgan fingerprint density at radius 3 is 2.39 bits per heavy atom. The van der Waals surface area contributed by atoms with Crippen LogP contribution in [0.3, 0.4) is 0 Å². The molecule has 0 aliphatic carbocycles. The van der Waals surface area contributed by atoms with Crippen LogP contribution in [0.25, 0.3) is 11.1 Å². The number of ether oxygens (including phenoxy) is 1. The lowest BCUT2D eigenvalue weighted by atomic mass is 9.84. The minimum atomic E-state index is -0.554. The van der Waals surface area contributed by atoms with E-state index in [0.717, 1.165) is 52.8 Å². The molecule has 3 aromatic rings. The molecule has 1 fully saturated rings. The summed E-state index contributed by atoms with van der Waals surface area (Å²) in [7, 11) is 0. The van der Waals surface area contributed by atoms with Crippen molar-refractivity contribution in [3.8, 4) is 11.1 Å². The van der Waals surface area contributed by atoms with Crippen molar-refractivity contribution in [3.63, 3.8) is 0 Å². The number of hydrogen-bond donors (Lipinski definition) is 1. The van der Waals surface area contributed by atoms with E-state index >= 15 is 0 Å². The minimum absolute atomic E-state index is 0.167. The van der Waals surface area contributed by atoms with Crippen molar-refractivity contribution < 1.29 is 14.6 Å². The van der Waals surface area contributed by atoms with Crippen molar-refractivity contribution in [2.45, 2.75) is 25.9 Å². The maximum Gasteiger partial charge on any atom is 0.338 e. The molecule has 0 radical (unpaired) electrons. The van der Waals surface area contributed by atoms with E-state index in [1.165, 1.54) is 0 Å². The highest BCUT2D eigenvalue weighted by Crippen LogP contribution is 2.38. The van der Waals surface area contributed by atoms with Crippen molar-refractivity contribution >= 4 is 39.2 Å². The van der Waals surface area contributed by atoms with Crippen LogP contribution in [0.4, 0.5) is 5.69 Å². The van der Waals surface area contributed by atoms with Crippen LogP contribution in [0, 0.1) is 5.92 Å². The van der Waals surface area contributed by atoms with Crippen LogP contribution in [0.1, 0.15) is 41.8 Å². The predicted octanol–water partition coefficient (Wildman–Crippen LogP) is 6.90. The number of aliphatic hydroxyl groups is 1. The predicted molar refractivity (Wildman–Crippen MR) is 137 cm³/mol. The molecule has 0 amide bonds. The van der Waals surface area contributed by atoms with Gasteiger partial charge < -0.3 is 14.7 Å². The fourth-order valence-electron chi connectivity index (χ4n) is 4.42. The quantitative estimate of drug-likeness (QED) is 0.354. The highest BCUT2D eigenvalue weighted by Gasteiger charge is 2.28. The highest BCUT2D eigenvalue weighted by molar-refractivity contribution is 9.10. The SMILES string of the molecule is CCOC(=O)c1ccc(N2CCC(C(O)c3cc(Br)ccc3-c3ccc(Cl)cc3)CC2)cc1. The first kappa shape index (κ1) is 23.8. The van der Waals surface area contributed by atoms with Gasteiger partial charge in [-0.05, 0) is 90.9 Å². The summed E-state index contributed by atoms with van der Waals surface area (Å²) in [4.78, 5) is 14.2. The monoisotopic (exact) mass is 527 g/mol. The van der Waals surface area contributed by atoms with Crippen LogP contribution >= 0.6 is 27.5 Å². The summed E-state index contributed by atoms with van der Waals surface area (Å²) in [6.45, 7) is 3.88. The number of anilines is 1. The number of nitrogens with zero attached hydrogens (tertiary/aromatic N) is 1. The molecule has 1 heterocycles. The summed E-state index contributed by atoms with van der Waals surface area (Å²) in [5.74, 6) is -0.128. The summed E-state index contributed by atoms with van der Waals surface area (Å²) < 4.78 is 6.01. The largest absolute Gasteiger partial charge is 0.462 e. The number of carbonyl (C=O) groups excluding carboxylic acids is 1. The van der Waals surface area contributed by atoms with Gasteiger partial charge in [-0.25, -0.2) is 4.79 Å². The number of hydrogen-bond acceptors (Lipinski definition) is 4. The van der Waals surface area contributed by atoms with Crippen molar-refractivity contribution in [1.29, 1.82) is 0 Å². The molecule has 6 heteroatoms. The zero-order chi connectivity index (χ0) is 23.4. The Morgan fingerprint density at radius 1 is 1.09 bits per heavy atom. The molecule has 0 spiro atoms. The van der Waals surface area contributed by atoms with Crippen LogP contribution in [-0.2, 0) is 4.74 Å². The van der Waals surface area contributed by atoms with E-state index in [0.29, 0.717) is 17.2 Å². The van der Waals surface area contributed by atoms with Crippen LogP contribution in [0.15, 0.2) is 71.2 Å². The van der Waals surface area contributed by atoms with Crippen molar-refractivity contribution in [1.82, 2.24) is 0 Å². The third-order valence-corrected chi connectivity index (χ3v) is 6.96. The fourth-order valence-corrected chi connectivity index (χ4v) is 4.93. The normalized spacial score (nSPS) is 15.3. The van der Waals surface area contributed by atoms with Gasteiger partial charge >= 0.3 is 5.97 Å². The number of esters is 1. The second kappa shape index (κ2) is 10.7. The van der Waals surface area contributed by atoms with E-state index in [4.69, 9.17) is 16.3 Å². The highest BCUT2D eigenvalue weighted by atomic mass is 79.9. The molecule has 4 rings (SSSR count). The van der Waals surface area contributed by atoms with Crippen LogP contribution in [0.5, 0.6) is 0 Å². The summed E-state index contributed by atoms with van der Waals surface area (Å²) in [6.07, 6.45) is 1.21. The second-order valence-corrected chi connectivity index (χ2v) is 9.63. The number of benzene rings is 3. The van der Waals surface area contributed by atoms with Gasteiger partial charge in [0.05, 0.1) is 18.3 Å². The average molecular weight is 529 g/mol. The van der Waals surface area contributed by atoms with E-state index in [2.05, 4.69) is 20.8 Å². The molecule has 0 bridgehead atoms. The van der Waals surface area contributed by atoms with Crippen molar-refractivity contribution in [3.05, 3.63) is 87.4 Å². The lowest BCUT2D eigenvalue weighted by Gasteiger charge is -2.36. The number of aliphatic hydroxyl groups excluding tert-OH is 1. The first-order valence-corrected chi connectivity index (χ1v) is 12.4. The lowest BCUT2D eigenvalue weighted by molar-refractivity contribution is 0.0526. The number of rotatable bonds is 6. The molecule has 33 heavy (non-hydrogen) atoms. The summed E-state index contributed by atoms with van der Waals surface area (Å²) >= 11 is 9.63. The van der Waals surface area contributed by atoms with Crippen LogP contribution in [0.2, 0.25) is 5.02 Å². The minimum Gasteiger partial charge on any atom is -0.462 e. The first-order chi connectivity index (χ1) is 16.0. The number of piperidine rings is 1. The lowest BCUT2D eigenvalue weighted by Crippen LogP contribution is -2.35. The van der Waals surface area contributed by atoms with Gasteiger partial charge in [0.15, 0.2) is 0 Å². The van der Waals surface area contributed by atoms with E-state index in [-0.39, 0.29) is 11.9 Å². The van der Waals surface area contributed by atoms with E-state index in [1.54, 1.807) is 6.92 Å². The van der Waals surface area contributed by atoms with Gasteiger partial charge in [0.25, 0.3) is 0 Å². The molecule has 1 atom stereocenters. The van der Waals surface area contributed by atoms with Crippen LogP contribution < -0.4 is 4.90 Å². The molecule has 1 aliphatic rings. The standard InChI is InChI=1S/C27H27BrClNO3/c1-2-33-27(32)20-5-10-23(11-6-20)30-15-13-19(14-16-30)26(31)25-17-21(28)7-12-24(25)18-3-8-22(29)9-4-18/h3-12,17,19,26,31H,2,13-16H2,1H3. The third kappa shape index (κ3) is 5.60. The maximum absolute atomic E-state index is 11.9. The van der Waals surface area contributed by atoms with E-state index in [1.807, 2.05) is 66.7 Å². The second-order valence-electron chi connectivity index (χ2n) is 8.28. The molecule has 0 saturated carbocycles. The Morgan fingerprint density at radius 2 is 1.76 bits per heavy atom. The Labute approximate surface area is 208 Å². The Hall–Kier alpha value is -2.34. The van der Waals surface area contributed by atoms with Gasteiger partial charge in [0.2, 0.25) is 0 Å². The molecule has 1 N–H and O–H groups in total. The van der Waals surface area contributed by atoms with E-state index in [9.17, 15) is 9.90 Å². The molecule has 4 nitrogen and oxygen atoms in total. The number of carbonyl (C=O) groups is 1. The topological polar surface area (TPSA) is 49.8 Å². The molecule has 1 saturated heterocycles. The van der Waals surface area contributed by atoms with Gasteiger partial charge in [0, 0.05) is 28.3 Å². The molecule has 1 unspecified atom stereocenters. The molecule has 172 valence electrons. The number of halogens is 2. The molecular weight excluding hydrogens is 502 g/mol. The van der Waals surface area contributed by atoms with Gasteiger partial charge in [0.1, 0.15) is 0 Å². The molecule has 0 aromatic heterocycles. The first-order valence-electron chi connectivity index (χ1n) is 11.2. The Kier molecular flexibility index (Phi) is 7.74. The summed E-state index contributed by atoms with van der Waals surface area (Å²) in [6, 6.07) is 21.4. The Bertz CT molecular complexity index is 1090. The Balaban J connectivity index is 1.46. The summed E-state index contributed by atoms with van der Waals surface area (Å²) in [5.41, 5.74) is 4.65. The molecule has 1 aliphatic heterocycles. The van der Waals surface area contributed by atoms with Crippen molar-refractivity contribution in [2.75, 3.05) is 24.6 Å². The van der Waals surface area contributed by atoms with Gasteiger partial charge in [-0.15, -0.1) is 0 Å².